The van der Waals surface area contributed by atoms with Gasteiger partial charge >= 0.3 is 65.0 Å². The van der Waals surface area contributed by atoms with Crippen LogP contribution in [-0.2, 0) is 10.0 Å². The summed E-state index contributed by atoms with van der Waals surface area (Å²) in [6.07, 6.45) is -8.10. The molecule has 0 aromatic rings. The van der Waals surface area contributed by atoms with Crippen molar-refractivity contribution in [3.63, 3.8) is 0 Å². The van der Waals surface area contributed by atoms with Crippen LogP contribution in [0.5, 0.6) is 0 Å². The van der Waals surface area contributed by atoms with Gasteiger partial charge in [-0.15, -0.1) is 13.5 Å². The van der Waals surface area contributed by atoms with E-state index < -0.39 is 84.2 Å². The number of hydrogen-bond acceptors (Lipinski definition) is 2. The molecule has 0 rings (SSSR count). The summed E-state index contributed by atoms with van der Waals surface area (Å²) in [5, 5.41) is -8.68. The molecule has 0 radical (unpaired) electrons. The van der Waals surface area contributed by atoms with Crippen molar-refractivity contribution < 1.29 is 114 Å². The monoisotopic (exact) mass is 707 g/mol. The number of sulfonamides is 1. The van der Waals surface area contributed by atoms with Crippen LogP contribution in [0.3, 0.4) is 0 Å². The van der Waals surface area contributed by atoms with Crippen molar-refractivity contribution >= 4 is 10.0 Å². The van der Waals surface area contributed by atoms with E-state index in [-0.39, 0.29) is 21.1 Å². The second-order valence-corrected chi connectivity index (χ2v) is 10.5. The minimum Gasteiger partial charge on any atom is -0.264 e. The molecule has 0 heterocycles. The highest BCUT2D eigenvalue weighted by atomic mass is 32.2. The lowest BCUT2D eigenvalue weighted by atomic mass is 9.91. The number of rotatable bonds is 12. The molecule has 1 N–H and O–H groups in total. The Morgan fingerprint density at radius 3 is 0.952 bits per heavy atom. The number of quaternary nitrogens is 1. The zero-order valence-electron chi connectivity index (χ0n) is 19.4. The number of nitrogens with one attached hydrogen (secondary N) is 1. The predicted octanol–water partition coefficient (Wildman–Crippen LogP) is 6.40. The first kappa shape index (κ1) is 40.3. The lowest BCUT2D eigenvalue weighted by Gasteiger charge is -2.43. The molecule has 254 valence electrons. The summed E-state index contributed by atoms with van der Waals surface area (Å²) in [6, 6.07) is -13.9. The fourth-order valence-corrected chi connectivity index (χ4v) is 3.28. The molecule has 0 bridgehead atoms. The molecule has 0 saturated heterocycles. The van der Waals surface area contributed by atoms with Crippen molar-refractivity contribution in [3.8, 4) is 0 Å². The van der Waals surface area contributed by atoms with Gasteiger partial charge < -0.3 is 0 Å². The Bertz CT molecular complexity index is 1120. The fourth-order valence-electron chi connectivity index (χ4n) is 2.23. The summed E-state index contributed by atoms with van der Waals surface area (Å²) in [5.41, 5.74) is 0. The fraction of sp³-hybridized carbons (Fsp3) is 1.00. The van der Waals surface area contributed by atoms with Crippen molar-refractivity contribution in [2.24, 2.45) is 0 Å². The highest BCUT2D eigenvalue weighted by Gasteiger charge is 2.96. The number of halogens is 23. The quantitative estimate of drug-likeness (QED) is 0.145. The molecule has 4 nitrogen and oxygen atoms in total. The summed E-state index contributed by atoms with van der Waals surface area (Å²) in [5.74, 6) is -61.9. The van der Waals surface area contributed by atoms with E-state index in [0.29, 0.717) is 0 Å². The van der Waals surface area contributed by atoms with E-state index in [4.69, 9.17) is 0 Å². The first-order valence-electron chi connectivity index (χ1n) is 9.15. The Labute approximate surface area is 216 Å². The second kappa shape index (κ2) is 9.63. The highest BCUT2D eigenvalue weighted by molar-refractivity contribution is 7.90. The molecule has 0 aromatic carbocycles. The lowest BCUT2D eigenvalue weighted by molar-refractivity contribution is -0.975. The van der Waals surface area contributed by atoms with Crippen molar-refractivity contribution in [1.82, 2.24) is 4.72 Å². The van der Waals surface area contributed by atoms with Crippen molar-refractivity contribution in [2.75, 3.05) is 21.1 Å². The maximum atomic E-state index is 13.8. The summed E-state index contributed by atoms with van der Waals surface area (Å²) in [7, 11) is -9.26. The van der Waals surface area contributed by atoms with E-state index in [2.05, 4.69) is 0 Å². The lowest BCUT2D eigenvalue weighted by Crippen LogP contribution is -2.76. The first-order valence-corrected chi connectivity index (χ1v) is 10.6. The minimum absolute atomic E-state index is 0.0812. The van der Waals surface area contributed by atoms with Crippen LogP contribution in [0.2, 0.25) is 0 Å². The van der Waals surface area contributed by atoms with E-state index in [9.17, 15) is 109 Å². The Morgan fingerprint density at radius 1 is 0.429 bits per heavy atom. The maximum absolute atomic E-state index is 13.8. The first-order chi connectivity index (χ1) is 17.5. The van der Waals surface area contributed by atoms with Crippen LogP contribution in [0, 0.1) is 0 Å². The van der Waals surface area contributed by atoms with E-state index >= 15 is 0 Å². The number of nitrogens with zero attached hydrogens (tertiary/aromatic N) is 1. The van der Waals surface area contributed by atoms with Crippen LogP contribution < -0.4 is 4.72 Å². The smallest absolute Gasteiger partial charge is 0.264 e. The minimum atomic E-state index is -9.33. The van der Waals surface area contributed by atoms with Crippen LogP contribution in [-0.4, -0.2) is 99.0 Å². The third kappa shape index (κ3) is 4.98. The van der Waals surface area contributed by atoms with Gasteiger partial charge in [-0.05, 0) is 0 Å². The van der Waals surface area contributed by atoms with Crippen LogP contribution in [0.25, 0.3) is 0 Å². The molecule has 0 spiro atoms. The Morgan fingerprint density at radius 2 is 0.690 bits per heavy atom. The Kier molecular flexibility index (Phi) is 9.23. The van der Waals surface area contributed by atoms with Gasteiger partial charge in [-0.1, -0.05) is 0 Å². The molecule has 28 heteroatoms. The molecule has 0 aliphatic carbocycles. The molecular formula is C14H10F23N2O2S+. The van der Waals surface area contributed by atoms with Crippen molar-refractivity contribution in [1.29, 1.82) is 0 Å². The molecule has 0 aliphatic rings. The molecule has 0 atom stereocenters. The van der Waals surface area contributed by atoms with Gasteiger partial charge in [0.15, 0.2) is 0 Å². The number of hydrogen-bond donors (Lipinski definition) is 1. The summed E-state index contributed by atoms with van der Waals surface area (Å²) in [6.45, 7) is 0. The average Bonchev–Trinajstić information content (AvgIpc) is 2.69. The van der Waals surface area contributed by atoms with Gasteiger partial charge in [0, 0.05) is 0 Å². The van der Waals surface area contributed by atoms with E-state index in [1.807, 2.05) is 0 Å². The molecule has 42 heavy (non-hydrogen) atoms. The summed E-state index contributed by atoms with van der Waals surface area (Å²) >= 11 is 0. The van der Waals surface area contributed by atoms with Gasteiger partial charge in [-0.3, -0.25) is 4.48 Å². The molecular weight excluding hydrogens is 697 g/mol. The highest BCUT2D eigenvalue weighted by Crippen LogP contribution is 2.64. The topological polar surface area (TPSA) is 46.2 Å². The van der Waals surface area contributed by atoms with Gasteiger partial charge in [0.1, 0.15) is 0 Å². The third-order valence-electron chi connectivity index (χ3n) is 4.91. The molecule has 0 aliphatic heterocycles. The third-order valence-corrected chi connectivity index (χ3v) is 6.36. The van der Waals surface area contributed by atoms with Gasteiger partial charge in [-0.25, -0.2) is 8.42 Å². The molecule has 0 aromatic heterocycles. The molecule has 0 fully saturated rings. The van der Waals surface area contributed by atoms with E-state index in [1.165, 1.54) is 0 Å². The molecule has 0 amide bonds. The zero-order chi connectivity index (χ0) is 35.2. The Balaban J connectivity index is 7.16. The van der Waals surface area contributed by atoms with Crippen LogP contribution >= 0.6 is 0 Å². The predicted molar refractivity (Wildman–Crippen MR) is 85.6 cm³/mol. The van der Waals surface area contributed by atoms with E-state index in [1.54, 1.807) is 0 Å². The summed E-state index contributed by atoms with van der Waals surface area (Å²) in [4.78, 5) is 0. The van der Waals surface area contributed by atoms with Gasteiger partial charge in [0.25, 0.3) is 10.0 Å². The summed E-state index contributed by atoms with van der Waals surface area (Å²) < 4.78 is 324. The number of alkyl halides is 23. The SMILES string of the molecule is C[N+](C)(C)C(F)(F)C(F)(F)C(F)(F)NS(=O)(=O)C(F)(F)C(F)(F)C(F)(F)C(F)(F)C(F)(F)C(F)(F)C(F)(F)C(F)(F)F. The van der Waals surface area contributed by atoms with Crippen LogP contribution in [0.15, 0.2) is 0 Å². The molecule has 0 saturated carbocycles. The maximum Gasteiger partial charge on any atom is 0.462 e. The van der Waals surface area contributed by atoms with Gasteiger partial charge in [-0.2, -0.15) is 92.2 Å². The van der Waals surface area contributed by atoms with E-state index in [0.717, 1.165) is 0 Å². The van der Waals surface area contributed by atoms with Crippen LogP contribution in [0.4, 0.5) is 101 Å². The second-order valence-electron chi connectivity index (χ2n) is 8.77. The van der Waals surface area contributed by atoms with Gasteiger partial charge in [0.05, 0.1) is 21.1 Å². The van der Waals surface area contributed by atoms with Gasteiger partial charge in [0.2, 0.25) is 0 Å². The van der Waals surface area contributed by atoms with Crippen molar-refractivity contribution in [3.05, 3.63) is 0 Å². The average molecular weight is 707 g/mol. The Hall–Kier alpha value is -1.74. The van der Waals surface area contributed by atoms with Crippen molar-refractivity contribution in [2.45, 2.75) is 65.0 Å². The largest absolute Gasteiger partial charge is 0.462 e. The standard InChI is InChI=1S/C14H10F23N2O2S/c1-39(2,3)13(34,35)10(27,28)12(32,33)38-42(40,41)14(36,37)9(25,26)7(21,22)5(17,18)4(15,16)6(19,20)8(23,24)11(29,30)31/h38H,1-3H3/q+1. The van der Waals surface area contributed by atoms with Crippen LogP contribution in [0.1, 0.15) is 0 Å². The normalized spacial score (nSPS) is 17.1. The zero-order valence-corrected chi connectivity index (χ0v) is 20.2. The molecule has 0 unspecified atom stereocenters.